The maximum Gasteiger partial charge on any atom is 0.183 e. The van der Waals surface area contributed by atoms with Crippen molar-refractivity contribution in [1.29, 1.82) is 0 Å². The molecule has 1 aromatic carbocycles. The molecule has 0 saturated carbocycles. The predicted octanol–water partition coefficient (Wildman–Crippen LogP) is 3.75. The zero-order chi connectivity index (χ0) is 13.8. The summed E-state index contributed by atoms with van der Waals surface area (Å²) in [6.45, 7) is 8.60. The highest BCUT2D eigenvalue weighted by Crippen LogP contribution is 2.27. The Balaban J connectivity index is 1.93. The number of fused-ring (bicyclic) bond motifs is 1. The van der Waals surface area contributed by atoms with Crippen LogP contribution in [0.3, 0.4) is 0 Å². The smallest absolute Gasteiger partial charge is 0.183 e. The lowest BCUT2D eigenvalue weighted by molar-refractivity contribution is 0.261. The fourth-order valence-corrected chi connectivity index (χ4v) is 3.00. The van der Waals surface area contributed by atoms with Crippen LogP contribution in [0.5, 0.6) is 0 Å². The Labute approximate surface area is 119 Å². The molecule has 1 aromatic heterocycles. The second-order valence-corrected chi connectivity index (χ2v) is 6.14. The number of para-hydroxylation sites is 1. The van der Waals surface area contributed by atoms with Gasteiger partial charge in [0, 0.05) is 19.1 Å². The van der Waals surface area contributed by atoms with Crippen molar-refractivity contribution in [1.82, 2.24) is 9.88 Å². The number of rotatable bonds is 6. The second-order valence-electron chi connectivity index (χ2n) is 5.11. The molecule has 0 amide bonds. The highest BCUT2D eigenvalue weighted by atomic mass is 32.1. The molecule has 0 radical (unpaired) electrons. The minimum absolute atomic E-state index is 0.638. The molecule has 4 heteroatoms. The van der Waals surface area contributed by atoms with E-state index in [1.165, 1.54) is 16.7 Å². The average molecular weight is 277 g/mol. The number of likely N-dealkylation sites (N-methyl/N-ethyl adjacent to an activating group) is 1. The Kier molecular flexibility index (Phi) is 4.77. The molecule has 1 heterocycles. The minimum atomic E-state index is 0.638. The number of nitrogens with one attached hydrogen (secondary N) is 1. The van der Waals surface area contributed by atoms with Crippen molar-refractivity contribution in [2.75, 3.05) is 25.5 Å². The van der Waals surface area contributed by atoms with E-state index in [0.717, 1.165) is 23.7 Å². The number of aryl methyl sites for hydroxylation is 1. The molecule has 0 aliphatic rings. The van der Waals surface area contributed by atoms with Crippen molar-refractivity contribution in [3.8, 4) is 0 Å². The standard InChI is InChI=1S/C15H23N3S/c1-5-12(3)18(4)10-9-16-15-17-14-11(2)7-6-8-13(14)19-15/h6-8,12H,5,9-10H2,1-4H3,(H,16,17). The van der Waals surface area contributed by atoms with Gasteiger partial charge < -0.3 is 10.2 Å². The third kappa shape index (κ3) is 3.45. The fourth-order valence-electron chi connectivity index (χ4n) is 2.03. The van der Waals surface area contributed by atoms with Crippen molar-refractivity contribution in [2.45, 2.75) is 33.2 Å². The zero-order valence-electron chi connectivity index (χ0n) is 12.2. The summed E-state index contributed by atoms with van der Waals surface area (Å²) in [4.78, 5) is 7.04. The average Bonchev–Trinajstić information content (AvgIpc) is 2.82. The van der Waals surface area contributed by atoms with Gasteiger partial charge in [-0.1, -0.05) is 30.4 Å². The van der Waals surface area contributed by atoms with Gasteiger partial charge in [-0.2, -0.15) is 0 Å². The number of hydrogen-bond acceptors (Lipinski definition) is 4. The van der Waals surface area contributed by atoms with Gasteiger partial charge in [0.15, 0.2) is 5.13 Å². The van der Waals surface area contributed by atoms with Crippen LogP contribution >= 0.6 is 11.3 Å². The largest absolute Gasteiger partial charge is 0.360 e. The summed E-state index contributed by atoms with van der Waals surface area (Å²) in [5.41, 5.74) is 2.38. The molecule has 0 fully saturated rings. The first-order chi connectivity index (χ1) is 9.11. The molecule has 1 unspecified atom stereocenters. The first-order valence-electron chi connectivity index (χ1n) is 6.92. The minimum Gasteiger partial charge on any atom is -0.360 e. The van der Waals surface area contributed by atoms with E-state index in [9.17, 15) is 0 Å². The normalized spacial score (nSPS) is 13.1. The van der Waals surface area contributed by atoms with Crippen LogP contribution in [0.1, 0.15) is 25.8 Å². The van der Waals surface area contributed by atoms with E-state index in [4.69, 9.17) is 0 Å². The van der Waals surface area contributed by atoms with E-state index in [1.807, 2.05) is 0 Å². The molecule has 19 heavy (non-hydrogen) atoms. The maximum absolute atomic E-state index is 4.66. The summed E-state index contributed by atoms with van der Waals surface area (Å²) < 4.78 is 1.26. The topological polar surface area (TPSA) is 28.2 Å². The van der Waals surface area contributed by atoms with Gasteiger partial charge in [0.2, 0.25) is 0 Å². The molecule has 2 rings (SSSR count). The summed E-state index contributed by atoms with van der Waals surface area (Å²) in [7, 11) is 2.18. The Morgan fingerprint density at radius 3 is 2.89 bits per heavy atom. The molecular weight excluding hydrogens is 254 g/mol. The second kappa shape index (κ2) is 6.35. The van der Waals surface area contributed by atoms with Crippen molar-refractivity contribution < 1.29 is 0 Å². The number of aromatic nitrogens is 1. The number of benzene rings is 1. The Hall–Kier alpha value is -1.13. The highest BCUT2D eigenvalue weighted by Gasteiger charge is 2.07. The highest BCUT2D eigenvalue weighted by molar-refractivity contribution is 7.22. The molecule has 0 spiro atoms. The molecule has 0 saturated heterocycles. The lowest BCUT2D eigenvalue weighted by Crippen LogP contribution is -2.32. The van der Waals surface area contributed by atoms with Crippen LogP contribution in [0.2, 0.25) is 0 Å². The van der Waals surface area contributed by atoms with Gasteiger partial charge in [-0.25, -0.2) is 4.98 Å². The Bertz CT molecular complexity index is 535. The molecule has 1 N–H and O–H groups in total. The van der Waals surface area contributed by atoms with Crippen LogP contribution in [-0.4, -0.2) is 36.1 Å². The van der Waals surface area contributed by atoms with Crippen LogP contribution in [0.25, 0.3) is 10.2 Å². The number of hydrogen-bond donors (Lipinski definition) is 1. The first-order valence-corrected chi connectivity index (χ1v) is 7.73. The Morgan fingerprint density at radius 2 is 2.21 bits per heavy atom. The zero-order valence-corrected chi connectivity index (χ0v) is 13.0. The predicted molar refractivity (Wildman–Crippen MR) is 85.2 cm³/mol. The van der Waals surface area contributed by atoms with E-state index in [2.05, 4.69) is 61.2 Å². The van der Waals surface area contributed by atoms with Crippen LogP contribution in [0, 0.1) is 6.92 Å². The van der Waals surface area contributed by atoms with Crippen LogP contribution in [0.4, 0.5) is 5.13 Å². The van der Waals surface area contributed by atoms with Gasteiger partial charge in [-0.3, -0.25) is 0 Å². The molecule has 1 atom stereocenters. The van der Waals surface area contributed by atoms with Crippen LogP contribution in [0.15, 0.2) is 18.2 Å². The summed E-state index contributed by atoms with van der Waals surface area (Å²) in [5.74, 6) is 0. The monoisotopic (exact) mass is 277 g/mol. The molecule has 2 aromatic rings. The van der Waals surface area contributed by atoms with E-state index >= 15 is 0 Å². The molecular formula is C15H23N3S. The quantitative estimate of drug-likeness (QED) is 0.871. The van der Waals surface area contributed by atoms with Crippen molar-refractivity contribution in [2.24, 2.45) is 0 Å². The third-order valence-corrected chi connectivity index (χ3v) is 4.68. The summed E-state index contributed by atoms with van der Waals surface area (Å²) in [5, 5.41) is 4.47. The molecule has 0 aliphatic heterocycles. The molecule has 0 aliphatic carbocycles. The summed E-state index contributed by atoms with van der Waals surface area (Å²) >= 11 is 1.74. The number of nitrogens with zero attached hydrogens (tertiary/aromatic N) is 2. The van der Waals surface area contributed by atoms with Gasteiger partial charge in [-0.15, -0.1) is 0 Å². The maximum atomic E-state index is 4.66. The van der Waals surface area contributed by atoms with E-state index in [1.54, 1.807) is 11.3 Å². The Morgan fingerprint density at radius 1 is 1.42 bits per heavy atom. The van der Waals surface area contributed by atoms with Crippen LogP contribution < -0.4 is 5.32 Å². The van der Waals surface area contributed by atoms with Gasteiger partial charge in [0.25, 0.3) is 0 Å². The molecule has 104 valence electrons. The van der Waals surface area contributed by atoms with Gasteiger partial charge >= 0.3 is 0 Å². The lowest BCUT2D eigenvalue weighted by atomic mass is 10.2. The van der Waals surface area contributed by atoms with Crippen molar-refractivity contribution >= 4 is 26.7 Å². The SMILES string of the molecule is CCC(C)N(C)CCNc1nc2c(C)cccc2s1. The number of thiazole rings is 1. The van der Waals surface area contributed by atoms with Crippen molar-refractivity contribution in [3.63, 3.8) is 0 Å². The molecule has 0 bridgehead atoms. The third-order valence-electron chi connectivity index (χ3n) is 3.70. The lowest BCUT2D eigenvalue weighted by Gasteiger charge is -2.23. The van der Waals surface area contributed by atoms with E-state index in [0.29, 0.717) is 6.04 Å². The molecule has 3 nitrogen and oxygen atoms in total. The van der Waals surface area contributed by atoms with Crippen LogP contribution in [-0.2, 0) is 0 Å². The van der Waals surface area contributed by atoms with E-state index < -0.39 is 0 Å². The van der Waals surface area contributed by atoms with Gasteiger partial charge in [0.1, 0.15) is 0 Å². The summed E-state index contributed by atoms with van der Waals surface area (Å²) in [6.07, 6.45) is 1.19. The van der Waals surface area contributed by atoms with Crippen molar-refractivity contribution in [3.05, 3.63) is 23.8 Å². The fraction of sp³-hybridized carbons (Fsp3) is 0.533. The summed E-state index contributed by atoms with van der Waals surface area (Å²) in [6, 6.07) is 6.98. The first kappa shape index (κ1) is 14.3. The number of anilines is 1. The van der Waals surface area contributed by atoms with Gasteiger partial charge in [0.05, 0.1) is 10.2 Å². The van der Waals surface area contributed by atoms with E-state index in [-0.39, 0.29) is 0 Å². The van der Waals surface area contributed by atoms with Gasteiger partial charge in [-0.05, 0) is 38.9 Å².